The maximum atomic E-state index is 11.5. The normalized spacial score (nSPS) is 11.8. The summed E-state index contributed by atoms with van der Waals surface area (Å²) in [4.78, 5) is 11.5. The van der Waals surface area contributed by atoms with Crippen LogP contribution < -0.4 is 15.8 Å². The average molecular weight is 297 g/mol. The van der Waals surface area contributed by atoms with Crippen molar-refractivity contribution in [2.24, 2.45) is 5.73 Å². The Labute approximate surface area is 124 Å². The van der Waals surface area contributed by atoms with Crippen molar-refractivity contribution in [3.05, 3.63) is 41.4 Å². The third-order valence-electron chi connectivity index (χ3n) is 2.87. The number of hydrogen-bond acceptors (Lipinski definition) is 3. The van der Waals surface area contributed by atoms with Crippen LogP contribution in [0.1, 0.15) is 18.9 Å². The third kappa shape index (κ3) is 5.23. The predicted octanol–water partition coefficient (Wildman–Crippen LogP) is 2.30. The van der Waals surface area contributed by atoms with Crippen LogP contribution in [0.5, 0.6) is 5.75 Å². The van der Waals surface area contributed by atoms with E-state index >= 15 is 0 Å². The predicted molar refractivity (Wildman–Crippen MR) is 82.1 cm³/mol. The van der Waals surface area contributed by atoms with Gasteiger partial charge in [-0.25, -0.2) is 0 Å². The summed E-state index contributed by atoms with van der Waals surface area (Å²) in [7, 11) is 0. The van der Waals surface area contributed by atoms with Gasteiger partial charge in [0.2, 0.25) is 0 Å². The second-order valence-electron chi connectivity index (χ2n) is 4.47. The van der Waals surface area contributed by atoms with Crippen molar-refractivity contribution in [1.82, 2.24) is 5.32 Å². The smallest absolute Gasteiger partial charge is 0.258 e. The molecule has 110 valence electrons. The molecule has 1 unspecified atom stereocenters. The van der Waals surface area contributed by atoms with Gasteiger partial charge in [-0.2, -0.15) is 0 Å². The van der Waals surface area contributed by atoms with Crippen molar-refractivity contribution in [2.75, 3.05) is 13.2 Å². The zero-order valence-electron chi connectivity index (χ0n) is 11.7. The molecule has 0 aromatic heterocycles. The second kappa shape index (κ2) is 8.61. The average Bonchev–Trinajstić information content (AvgIpc) is 2.45. The van der Waals surface area contributed by atoms with Crippen molar-refractivity contribution < 1.29 is 9.53 Å². The lowest BCUT2D eigenvalue weighted by Gasteiger charge is -2.15. The summed E-state index contributed by atoms with van der Waals surface area (Å²) in [6, 6.07) is 5.40. The van der Waals surface area contributed by atoms with Crippen molar-refractivity contribution >= 4 is 17.5 Å². The summed E-state index contributed by atoms with van der Waals surface area (Å²) in [5, 5.41) is 3.26. The Morgan fingerprint density at radius 2 is 2.35 bits per heavy atom. The molecule has 1 atom stereocenters. The zero-order valence-corrected chi connectivity index (χ0v) is 12.5. The van der Waals surface area contributed by atoms with Crippen LogP contribution in [0.4, 0.5) is 0 Å². The number of rotatable bonds is 8. The first-order valence-electron chi connectivity index (χ1n) is 6.61. The Kier molecular flexibility index (Phi) is 7.12. The molecule has 1 rings (SSSR count). The molecule has 0 aliphatic rings. The largest absolute Gasteiger partial charge is 0.483 e. The van der Waals surface area contributed by atoms with E-state index in [0.717, 1.165) is 12.0 Å². The van der Waals surface area contributed by atoms with E-state index < -0.39 is 0 Å². The van der Waals surface area contributed by atoms with Gasteiger partial charge in [0.25, 0.3) is 5.91 Å². The molecule has 0 aliphatic heterocycles. The molecule has 0 radical (unpaired) electrons. The van der Waals surface area contributed by atoms with Gasteiger partial charge in [-0.1, -0.05) is 30.7 Å². The van der Waals surface area contributed by atoms with E-state index in [9.17, 15) is 4.79 Å². The molecule has 3 N–H and O–H groups in total. The van der Waals surface area contributed by atoms with E-state index in [4.69, 9.17) is 22.1 Å². The summed E-state index contributed by atoms with van der Waals surface area (Å²) in [5.74, 6) is 0.408. The fourth-order valence-corrected chi connectivity index (χ4v) is 1.90. The number of benzene rings is 1. The molecule has 0 saturated heterocycles. The summed E-state index contributed by atoms with van der Waals surface area (Å²) in [5.41, 5.74) is 6.81. The minimum Gasteiger partial charge on any atom is -0.483 e. The zero-order chi connectivity index (χ0) is 15.0. The lowest BCUT2D eigenvalue weighted by Crippen LogP contribution is -2.29. The molecular weight excluding hydrogens is 276 g/mol. The van der Waals surface area contributed by atoms with Crippen LogP contribution in [-0.4, -0.2) is 25.1 Å². The summed E-state index contributed by atoms with van der Waals surface area (Å²) in [6.45, 7) is 5.92. The number of carbonyl (C=O) groups excluding carboxylic acids is 1. The molecule has 4 nitrogen and oxygen atoms in total. The SMILES string of the molecule is C=CCNC(=O)COc1cccc(Cl)c1CC(N)CC. The van der Waals surface area contributed by atoms with Gasteiger partial charge in [-0.05, 0) is 25.0 Å². The van der Waals surface area contributed by atoms with Gasteiger partial charge in [0.1, 0.15) is 5.75 Å². The van der Waals surface area contributed by atoms with Crippen LogP contribution in [0.3, 0.4) is 0 Å². The Hall–Kier alpha value is -1.52. The molecule has 0 bridgehead atoms. The molecule has 1 aromatic rings. The Morgan fingerprint density at radius 1 is 1.60 bits per heavy atom. The highest BCUT2D eigenvalue weighted by Crippen LogP contribution is 2.27. The third-order valence-corrected chi connectivity index (χ3v) is 3.22. The number of amides is 1. The van der Waals surface area contributed by atoms with Crippen LogP contribution >= 0.6 is 11.6 Å². The summed E-state index contributed by atoms with van der Waals surface area (Å²) in [6.07, 6.45) is 3.09. The highest BCUT2D eigenvalue weighted by molar-refractivity contribution is 6.31. The summed E-state index contributed by atoms with van der Waals surface area (Å²) >= 11 is 6.18. The monoisotopic (exact) mass is 296 g/mol. The highest BCUT2D eigenvalue weighted by Gasteiger charge is 2.12. The van der Waals surface area contributed by atoms with Crippen LogP contribution in [-0.2, 0) is 11.2 Å². The van der Waals surface area contributed by atoms with Crippen molar-refractivity contribution in [3.8, 4) is 5.75 Å². The Bertz CT molecular complexity index is 463. The number of nitrogens with one attached hydrogen (secondary N) is 1. The van der Waals surface area contributed by atoms with Crippen LogP contribution in [0, 0.1) is 0 Å². The molecule has 0 fully saturated rings. The molecule has 0 saturated carbocycles. The quantitative estimate of drug-likeness (QED) is 0.724. The first-order chi connectivity index (χ1) is 9.58. The molecule has 1 amide bonds. The number of nitrogens with two attached hydrogens (primary N) is 1. The van der Waals surface area contributed by atoms with E-state index in [2.05, 4.69) is 11.9 Å². The van der Waals surface area contributed by atoms with Crippen LogP contribution in [0.2, 0.25) is 5.02 Å². The molecule has 1 aromatic carbocycles. The van der Waals surface area contributed by atoms with Gasteiger partial charge < -0.3 is 15.8 Å². The van der Waals surface area contributed by atoms with Crippen molar-refractivity contribution in [1.29, 1.82) is 0 Å². The highest BCUT2D eigenvalue weighted by atomic mass is 35.5. The van der Waals surface area contributed by atoms with E-state index in [-0.39, 0.29) is 18.6 Å². The van der Waals surface area contributed by atoms with Gasteiger partial charge in [0, 0.05) is 23.2 Å². The summed E-state index contributed by atoms with van der Waals surface area (Å²) < 4.78 is 5.54. The molecule has 0 spiro atoms. The van der Waals surface area contributed by atoms with Gasteiger partial charge in [-0.3, -0.25) is 4.79 Å². The molecule has 0 heterocycles. The number of halogens is 1. The van der Waals surface area contributed by atoms with Crippen LogP contribution in [0.25, 0.3) is 0 Å². The van der Waals surface area contributed by atoms with E-state index in [1.807, 2.05) is 6.92 Å². The van der Waals surface area contributed by atoms with E-state index in [0.29, 0.717) is 23.7 Å². The van der Waals surface area contributed by atoms with Gasteiger partial charge in [-0.15, -0.1) is 6.58 Å². The Morgan fingerprint density at radius 3 is 3.00 bits per heavy atom. The topological polar surface area (TPSA) is 64.3 Å². The fraction of sp³-hybridized carbons (Fsp3) is 0.400. The first-order valence-corrected chi connectivity index (χ1v) is 6.99. The molecular formula is C15H21ClN2O2. The number of carbonyl (C=O) groups is 1. The van der Waals surface area contributed by atoms with E-state index in [1.165, 1.54) is 0 Å². The fourth-order valence-electron chi connectivity index (χ4n) is 1.66. The van der Waals surface area contributed by atoms with Crippen molar-refractivity contribution in [2.45, 2.75) is 25.8 Å². The van der Waals surface area contributed by atoms with Crippen molar-refractivity contribution in [3.63, 3.8) is 0 Å². The van der Waals surface area contributed by atoms with Crippen LogP contribution in [0.15, 0.2) is 30.9 Å². The van der Waals surface area contributed by atoms with Gasteiger partial charge >= 0.3 is 0 Å². The van der Waals surface area contributed by atoms with Gasteiger partial charge in [0.05, 0.1) is 0 Å². The second-order valence-corrected chi connectivity index (χ2v) is 4.88. The molecule has 0 aliphatic carbocycles. The standard InChI is InChI=1S/C15H21ClN2O2/c1-3-8-18-15(19)10-20-14-7-5-6-13(16)12(14)9-11(17)4-2/h3,5-7,11H,1,4,8-10,17H2,2H3,(H,18,19). The minimum atomic E-state index is -0.199. The van der Waals surface area contributed by atoms with Gasteiger partial charge in [0.15, 0.2) is 6.61 Å². The minimum absolute atomic E-state index is 0.0202. The lowest BCUT2D eigenvalue weighted by atomic mass is 10.0. The number of hydrogen-bond donors (Lipinski definition) is 2. The number of ether oxygens (including phenoxy) is 1. The molecule has 20 heavy (non-hydrogen) atoms. The maximum Gasteiger partial charge on any atom is 0.258 e. The van der Waals surface area contributed by atoms with E-state index in [1.54, 1.807) is 24.3 Å². The molecule has 5 heteroatoms. The lowest BCUT2D eigenvalue weighted by molar-refractivity contribution is -0.122. The first kappa shape index (κ1) is 16.5. The Balaban J connectivity index is 2.71. The maximum absolute atomic E-state index is 11.5.